The van der Waals surface area contributed by atoms with Crippen LogP contribution in [0.3, 0.4) is 0 Å². The smallest absolute Gasteiger partial charge is 0.0221 e. The Labute approximate surface area is 94.8 Å². The fourth-order valence-corrected chi connectivity index (χ4v) is 2.24. The molecule has 0 saturated carbocycles. The van der Waals surface area contributed by atoms with Gasteiger partial charge in [-0.3, -0.25) is 0 Å². The van der Waals surface area contributed by atoms with Gasteiger partial charge in [-0.05, 0) is 46.4 Å². The van der Waals surface area contributed by atoms with Crippen LogP contribution in [0.15, 0.2) is 0 Å². The van der Waals surface area contributed by atoms with Crippen molar-refractivity contribution in [3.8, 4) is 0 Å². The average molecular weight is 213 g/mol. The average Bonchev–Trinajstić information content (AvgIpc) is 2.24. The summed E-state index contributed by atoms with van der Waals surface area (Å²) in [5, 5.41) is 3.46. The van der Waals surface area contributed by atoms with Crippen molar-refractivity contribution in [1.82, 2.24) is 15.1 Å². The Morgan fingerprint density at radius 2 is 2.20 bits per heavy atom. The summed E-state index contributed by atoms with van der Waals surface area (Å²) in [7, 11) is 4.49. The minimum Gasteiger partial charge on any atom is -0.315 e. The minimum absolute atomic E-state index is 0.771. The third-order valence-electron chi connectivity index (χ3n) is 3.29. The molecule has 0 aromatic heterocycles. The third-order valence-corrected chi connectivity index (χ3v) is 3.29. The molecule has 0 bridgehead atoms. The molecule has 1 unspecified atom stereocenters. The van der Waals surface area contributed by atoms with Crippen LogP contribution in [-0.2, 0) is 0 Å². The van der Waals surface area contributed by atoms with E-state index in [9.17, 15) is 0 Å². The summed E-state index contributed by atoms with van der Waals surface area (Å²) >= 11 is 0. The van der Waals surface area contributed by atoms with Crippen molar-refractivity contribution < 1.29 is 0 Å². The molecule has 0 aliphatic carbocycles. The molecule has 0 radical (unpaired) electrons. The molecular weight excluding hydrogens is 186 g/mol. The van der Waals surface area contributed by atoms with Gasteiger partial charge in [0.2, 0.25) is 0 Å². The van der Waals surface area contributed by atoms with Crippen LogP contribution in [0.2, 0.25) is 0 Å². The Morgan fingerprint density at radius 1 is 1.40 bits per heavy atom. The highest BCUT2D eigenvalue weighted by molar-refractivity contribution is 4.77. The van der Waals surface area contributed by atoms with Crippen LogP contribution in [0.25, 0.3) is 0 Å². The van der Waals surface area contributed by atoms with Crippen LogP contribution in [0, 0.1) is 0 Å². The van der Waals surface area contributed by atoms with Crippen LogP contribution in [0.4, 0.5) is 0 Å². The van der Waals surface area contributed by atoms with Gasteiger partial charge in [0, 0.05) is 25.7 Å². The SMILES string of the molecule is CCCNCCN(C)C1CCCN(C)C1. The molecule has 1 aliphatic heterocycles. The van der Waals surface area contributed by atoms with Gasteiger partial charge in [0.15, 0.2) is 0 Å². The number of hydrogen-bond donors (Lipinski definition) is 1. The molecule has 3 heteroatoms. The summed E-state index contributed by atoms with van der Waals surface area (Å²) in [6.45, 7) is 8.19. The van der Waals surface area contributed by atoms with Crippen molar-refractivity contribution in [2.75, 3.05) is 46.8 Å². The Kier molecular flexibility index (Phi) is 6.22. The largest absolute Gasteiger partial charge is 0.315 e. The molecule has 0 spiro atoms. The molecule has 15 heavy (non-hydrogen) atoms. The molecule has 1 fully saturated rings. The van der Waals surface area contributed by atoms with E-state index in [0.717, 1.165) is 19.1 Å². The third kappa shape index (κ3) is 4.96. The molecule has 1 N–H and O–H groups in total. The molecule has 1 atom stereocenters. The van der Waals surface area contributed by atoms with Crippen LogP contribution in [0.1, 0.15) is 26.2 Å². The van der Waals surface area contributed by atoms with E-state index in [1.807, 2.05) is 0 Å². The van der Waals surface area contributed by atoms with Crippen molar-refractivity contribution in [1.29, 1.82) is 0 Å². The molecule has 3 nitrogen and oxygen atoms in total. The van der Waals surface area contributed by atoms with E-state index in [1.54, 1.807) is 0 Å². The van der Waals surface area contributed by atoms with Gasteiger partial charge in [0.05, 0.1) is 0 Å². The first-order valence-corrected chi connectivity index (χ1v) is 6.33. The normalized spacial score (nSPS) is 23.6. The van der Waals surface area contributed by atoms with Crippen molar-refractivity contribution >= 4 is 0 Å². The van der Waals surface area contributed by atoms with E-state index in [-0.39, 0.29) is 0 Å². The maximum atomic E-state index is 3.46. The van der Waals surface area contributed by atoms with Gasteiger partial charge in [-0.25, -0.2) is 0 Å². The van der Waals surface area contributed by atoms with Crippen LogP contribution < -0.4 is 5.32 Å². The number of likely N-dealkylation sites (N-methyl/N-ethyl adjacent to an activating group) is 2. The van der Waals surface area contributed by atoms with Crippen molar-refractivity contribution in [3.05, 3.63) is 0 Å². The highest BCUT2D eigenvalue weighted by Gasteiger charge is 2.20. The molecule has 1 heterocycles. The first-order valence-electron chi connectivity index (χ1n) is 6.33. The summed E-state index contributed by atoms with van der Waals surface area (Å²) in [5.41, 5.74) is 0. The van der Waals surface area contributed by atoms with E-state index in [0.29, 0.717) is 0 Å². The van der Waals surface area contributed by atoms with E-state index in [1.165, 1.54) is 38.9 Å². The van der Waals surface area contributed by atoms with Gasteiger partial charge in [-0.1, -0.05) is 6.92 Å². The summed E-state index contributed by atoms with van der Waals surface area (Å²) in [4.78, 5) is 4.96. The van der Waals surface area contributed by atoms with Crippen LogP contribution >= 0.6 is 0 Å². The van der Waals surface area contributed by atoms with Gasteiger partial charge in [0.1, 0.15) is 0 Å². The summed E-state index contributed by atoms with van der Waals surface area (Å²) in [6, 6.07) is 0.771. The fraction of sp³-hybridized carbons (Fsp3) is 1.00. The highest BCUT2D eigenvalue weighted by atomic mass is 15.2. The highest BCUT2D eigenvalue weighted by Crippen LogP contribution is 2.12. The van der Waals surface area contributed by atoms with E-state index >= 15 is 0 Å². The zero-order valence-corrected chi connectivity index (χ0v) is 10.6. The Morgan fingerprint density at radius 3 is 2.87 bits per heavy atom. The van der Waals surface area contributed by atoms with Gasteiger partial charge < -0.3 is 15.1 Å². The number of piperidine rings is 1. The minimum atomic E-state index is 0.771. The zero-order valence-electron chi connectivity index (χ0n) is 10.6. The maximum absolute atomic E-state index is 3.46. The number of rotatable bonds is 6. The standard InChI is InChI=1S/C12H27N3/c1-4-7-13-8-10-15(3)12-6-5-9-14(2)11-12/h12-13H,4-11H2,1-3H3. The molecule has 1 aliphatic rings. The fourth-order valence-electron chi connectivity index (χ4n) is 2.24. The van der Waals surface area contributed by atoms with E-state index < -0.39 is 0 Å². The van der Waals surface area contributed by atoms with Gasteiger partial charge in [-0.15, -0.1) is 0 Å². The molecule has 0 aromatic carbocycles. The predicted octanol–water partition coefficient (Wildman–Crippen LogP) is 1.01. The zero-order chi connectivity index (χ0) is 11.1. The number of nitrogens with one attached hydrogen (secondary N) is 1. The van der Waals surface area contributed by atoms with Gasteiger partial charge in [0.25, 0.3) is 0 Å². The van der Waals surface area contributed by atoms with E-state index in [2.05, 4.69) is 36.1 Å². The molecule has 1 saturated heterocycles. The second-order valence-corrected chi connectivity index (χ2v) is 4.79. The lowest BCUT2D eigenvalue weighted by molar-refractivity contribution is 0.135. The Balaban J connectivity index is 2.12. The van der Waals surface area contributed by atoms with Gasteiger partial charge >= 0.3 is 0 Å². The van der Waals surface area contributed by atoms with Crippen LogP contribution in [-0.4, -0.2) is 62.7 Å². The monoisotopic (exact) mass is 213 g/mol. The van der Waals surface area contributed by atoms with E-state index in [4.69, 9.17) is 0 Å². The lowest BCUT2D eigenvalue weighted by atomic mass is 10.1. The first-order chi connectivity index (χ1) is 7.24. The number of nitrogens with zero attached hydrogens (tertiary/aromatic N) is 2. The van der Waals surface area contributed by atoms with Crippen molar-refractivity contribution in [3.63, 3.8) is 0 Å². The Hall–Kier alpha value is -0.120. The summed E-state index contributed by atoms with van der Waals surface area (Å²) in [6.07, 6.45) is 3.96. The number of likely N-dealkylation sites (tertiary alicyclic amines) is 1. The molecule has 0 aromatic rings. The molecular formula is C12H27N3. The summed E-state index contributed by atoms with van der Waals surface area (Å²) in [5.74, 6) is 0. The predicted molar refractivity (Wildman–Crippen MR) is 66.3 cm³/mol. The second kappa shape index (κ2) is 7.20. The topological polar surface area (TPSA) is 18.5 Å². The number of hydrogen-bond acceptors (Lipinski definition) is 3. The second-order valence-electron chi connectivity index (χ2n) is 4.79. The first kappa shape index (κ1) is 12.9. The van der Waals surface area contributed by atoms with Crippen molar-refractivity contribution in [2.24, 2.45) is 0 Å². The van der Waals surface area contributed by atoms with Gasteiger partial charge in [-0.2, -0.15) is 0 Å². The maximum Gasteiger partial charge on any atom is 0.0221 e. The lowest BCUT2D eigenvalue weighted by Crippen LogP contribution is -2.46. The molecule has 0 amide bonds. The lowest BCUT2D eigenvalue weighted by Gasteiger charge is -2.35. The molecule has 1 rings (SSSR count). The quantitative estimate of drug-likeness (QED) is 0.664. The van der Waals surface area contributed by atoms with Crippen LogP contribution in [0.5, 0.6) is 0 Å². The summed E-state index contributed by atoms with van der Waals surface area (Å²) < 4.78 is 0. The Bertz CT molecular complexity index is 161. The van der Waals surface area contributed by atoms with Crippen molar-refractivity contribution in [2.45, 2.75) is 32.2 Å². The molecule has 90 valence electrons.